The van der Waals surface area contributed by atoms with Gasteiger partial charge in [0.15, 0.2) is 5.78 Å². The number of allylic oxidation sites excluding steroid dienone is 3. The Hall–Kier alpha value is -4.00. The largest absolute Gasteiger partial charge is 0.469 e. The van der Waals surface area contributed by atoms with E-state index in [4.69, 9.17) is 4.42 Å². The van der Waals surface area contributed by atoms with Gasteiger partial charge < -0.3 is 15.1 Å². The Morgan fingerprint density at radius 3 is 2.75 bits per heavy atom. The Morgan fingerprint density at radius 2 is 2.03 bits per heavy atom. The number of hydrogen-bond donors (Lipinski definition) is 2. The summed E-state index contributed by atoms with van der Waals surface area (Å²) in [5.41, 5.74) is 3.46. The van der Waals surface area contributed by atoms with Gasteiger partial charge >= 0.3 is 0 Å². The summed E-state index contributed by atoms with van der Waals surface area (Å²) in [4.78, 5) is 35.2. The molecule has 2 aliphatic rings. The van der Waals surface area contributed by atoms with E-state index < -0.39 is 5.92 Å². The first kappa shape index (κ1) is 19.9. The fourth-order valence-corrected chi connectivity index (χ4v) is 4.57. The molecule has 32 heavy (non-hydrogen) atoms. The summed E-state index contributed by atoms with van der Waals surface area (Å²) in [6.07, 6.45) is 7.61. The first-order chi connectivity index (χ1) is 15.6. The number of nitrogens with zero attached hydrogens (tertiary/aromatic N) is 2. The third-order valence-electron chi connectivity index (χ3n) is 5.94. The van der Waals surface area contributed by atoms with E-state index in [1.54, 1.807) is 37.0 Å². The van der Waals surface area contributed by atoms with Gasteiger partial charge in [-0.05, 0) is 49.2 Å². The zero-order chi connectivity index (χ0) is 22.1. The molecule has 1 amide bonds. The lowest BCUT2D eigenvalue weighted by Gasteiger charge is -2.36. The number of anilines is 1. The molecule has 5 rings (SSSR count). The van der Waals surface area contributed by atoms with Crippen LogP contribution in [0, 0.1) is 0 Å². The predicted octanol–water partition coefficient (Wildman–Crippen LogP) is 4.07. The number of aromatic nitrogens is 2. The van der Waals surface area contributed by atoms with Crippen LogP contribution in [0.3, 0.4) is 0 Å². The molecule has 0 saturated heterocycles. The highest BCUT2D eigenvalue weighted by Gasteiger charge is 2.41. The zero-order valence-electron chi connectivity index (χ0n) is 17.5. The molecule has 7 heteroatoms. The second kappa shape index (κ2) is 8.26. The molecule has 0 aromatic carbocycles. The molecule has 0 bridgehead atoms. The first-order valence-electron chi connectivity index (χ1n) is 10.5. The molecule has 1 aliphatic carbocycles. The van der Waals surface area contributed by atoms with Crippen LogP contribution in [0.5, 0.6) is 0 Å². The highest BCUT2D eigenvalue weighted by molar-refractivity contribution is 6.09. The van der Waals surface area contributed by atoms with Gasteiger partial charge in [0.2, 0.25) is 0 Å². The van der Waals surface area contributed by atoms with Gasteiger partial charge in [-0.15, -0.1) is 0 Å². The highest BCUT2D eigenvalue weighted by Crippen LogP contribution is 2.45. The van der Waals surface area contributed by atoms with E-state index in [1.807, 2.05) is 37.3 Å². The maximum atomic E-state index is 13.4. The number of rotatable bonds is 4. The van der Waals surface area contributed by atoms with Crippen LogP contribution >= 0.6 is 0 Å². The summed E-state index contributed by atoms with van der Waals surface area (Å²) in [6.45, 7) is 1.86. The Balaban J connectivity index is 1.56. The van der Waals surface area contributed by atoms with Crippen molar-refractivity contribution in [1.29, 1.82) is 0 Å². The van der Waals surface area contributed by atoms with E-state index in [1.165, 1.54) is 0 Å². The number of Topliss-reactive ketones (excluding diaryl/α,β-unsaturated/α-hetero) is 1. The van der Waals surface area contributed by atoms with Crippen LogP contribution in [0.25, 0.3) is 0 Å². The molecule has 7 nitrogen and oxygen atoms in total. The summed E-state index contributed by atoms with van der Waals surface area (Å²) in [6, 6.07) is 12.8. The van der Waals surface area contributed by atoms with Crippen molar-refractivity contribution in [2.75, 3.05) is 5.32 Å². The molecule has 4 heterocycles. The fourth-order valence-electron chi connectivity index (χ4n) is 4.57. The average molecular weight is 426 g/mol. The minimum atomic E-state index is -0.506. The van der Waals surface area contributed by atoms with Gasteiger partial charge in [0.05, 0.1) is 6.26 Å². The third kappa shape index (κ3) is 3.62. The van der Waals surface area contributed by atoms with E-state index in [2.05, 4.69) is 20.6 Å². The maximum absolute atomic E-state index is 13.4. The van der Waals surface area contributed by atoms with Gasteiger partial charge in [0.25, 0.3) is 5.91 Å². The molecule has 0 radical (unpaired) electrons. The molecule has 3 aromatic rings. The van der Waals surface area contributed by atoms with Crippen LogP contribution in [0.1, 0.15) is 42.9 Å². The third-order valence-corrected chi connectivity index (χ3v) is 5.94. The van der Waals surface area contributed by atoms with Gasteiger partial charge in [-0.1, -0.05) is 12.1 Å². The van der Waals surface area contributed by atoms with E-state index in [-0.39, 0.29) is 17.6 Å². The molecule has 2 unspecified atom stereocenters. The predicted molar refractivity (Wildman–Crippen MR) is 118 cm³/mol. The van der Waals surface area contributed by atoms with Crippen molar-refractivity contribution < 1.29 is 14.0 Å². The quantitative estimate of drug-likeness (QED) is 0.653. The van der Waals surface area contributed by atoms with Crippen LogP contribution in [0.2, 0.25) is 0 Å². The molecule has 2 atom stereocenters. The smallest absolute Gasteiger partial charge is 0.255 e. The Kier molecular flexibility index (Phi) is 5.15. The van der Waals surface area contributed by atoms with Gasteiger partial charge in [0, 0.05) is 59.4 Å². The molecular formula is C25H22N4O3. The highest BCUT2D eigenvalue weighted by atomic mass is 16.3. The van der Waals surface area contributed by atoms with Gasteiger partial charge in [-0.3, -0.25) is 14.6 Å². The van der Waals surface area contributed by atoms with Gasteiger partial charge in [0.1, 0.15) is 11.6 Å². The van der Waals surface area contributed by atoms with E-state index in [9.17, 15) is 9.59 Å². The van der Waals surface area contributed by atoms with E-state index in [0.717, 1.165) is 17.0 Å². The normalized spacial score (nSPS) is 20.6. The standard InChI is InChI=1S/C25H22N4O3/c1-15-22(25(31)29-21-8-2-3-10-27-21)23(16-6-4-9-26-14-16)24-18(28-15)12-17(13-19(24)30)20-7-5-11-32-20/h2-11,14,17,23,28H,12-13H2,1H3,(H,27,29,31). The van der Waals surface area contributed by atoms with Crippen molar-refractivity contribution in [3.8, 4) is 0 Å². The lowest BCUT2D eigenvalue weighted by molar-refractivity contribution is -0.116. The Morgan fingerprint density at radius 1 is 1.12 bits per heavy atom. The number of amides is 1. The molecule has 160 valence electrons. The first-order valence-corrected chi connectivity index (χ1v) is 10.5. The molecular weight excluding hydrogens is 404 g/mol. The van der Waals surface area contributed by atoms with Crippen LogP contribution in [0.15, 0.2) is 94.3 Å². The number of hydrogen-bond acceptors (Lipinski definition) is 6. The number of carbonyl (C=O) groups is 2. The van der Waals surface area contributed by atoms with E-state index >= 15 is 0 Å². The minimum Gasteiger partial charge on any atom is -0.469 e. The van der Waals surface area contributed by atoms with Crippen molar-refractivity contribution in [2.45, 2.75) is 31.6 Å². The Bertz CT molecular complexity index is 1210. The summed E-state index contributed by atoms with van der Waals surface area (Å²) in [5.74, 6) is 0.420. The monoisotopic (exact) mass is 426 g/mol. The molecule has 0 saturated carbocycles. The fraction of sp³-hybridized carbons (Fsp3) is 0.200. The Labute approximate surface area is 185 Å². The molecule has 2 N–H and O–H groups in total. The minimum absolute atomic E-state index is 0.00430. The van der Waals surface area contributed by atoms with Crippen molar-refractivity contribution >= 4 is 17.5 Å². The maximum Gasteiger partial charge on any atom is 0.255 e. The van der Waals surface area contributed by atoms with Gasteiger partial charge in [-0.25, -0.2) is 4.98 Å². The van der Waals surface area contributed by atoms with Crippen LogP contribution in [-0.4, -0.2) is 21.7 Å². The lowest BCUT2D eigenvalue weighted by Crippen LogP contribution is -2.37. The number of pyridine rings is 2. The van der Waals surface area contributed by atoms with Crippen molar-refractivity contribution in [2.24, 2.45) is 0 Å². The number of furan rings is 1. The average Bonchev–Trinajstić information content (AvgIpc) is 3.34. The number of nitrogens with one attached hydrogen (secondary N) is 2. The SMILES string of the molecule is CC1=C(C(=O)Nc2ccccn2)C(c2cccnc2)C2=C(CC(c3ccco3)CC2=O)N1. The zero-order valence-corrected chi connectivity index (χ0v) is 17.5. The number of carbonyl (C=O) groups excluding carboxylic acids is 2. The second-order valence-corrected chi connectivity index (χ2v) is 7.99. The van der Waals surface area contributed by atoms with Crippen LogP contribution in [0.4, 0.5) is 5.82 Å². The molecule has 0 spiro atoms. The molecule has 1 aliphatic heterocycles. The second-order valence-electron chi connectivity index (χ2n) is 7.99. The van der Waals surface area contributed by atoms with Crippen LogP contribution < -0.4 is 10.6 Å². The van der Waals surface area contributed by atoms with E-state index in [0.29, 0.717) is 35.5 Å². The number of ketones is 1. The summed E-state index contributed by atoms with van der Waals surface area (Å²) < 4.78 is 5.57. The van der Waals surface area contributed by atoms with Crippen molar-refractivity contribution in [3.05, 3.63) is 101 Å². The topological polar surface area (TPSA) is 97.1 Å². The van der Waals surface area contributed by atoms with Gasteiger partial charge in [-0.2, -0.15) is 0 Å². The summed E-state index contributed by atoms with van der Waals surface area (Å²) in [5, 5.41) is 6.22. The molecule has 0 fully saturated rings. The van der Waals surface area contributed by atoms with Crippen molar-refractivity contribution in [3.63, 3.8) is 0 Å². The molecule has 3 aromatic heterocycles. The summed E-state index contributed by atoms with van der Waals surface area (Å²) in [7, 11) is 0. The lowest BCUT2D eigenvalue weighted by atomic mass is 9.72. The van der Waals surface area contributed by atoms with Crippen LogP contribution in [-0.2, 0) is 9.59 Å². The van der Waals surface area contributed by atoms with Crippen molar-refractivity contribution in [1.82, 2.24) is 15.3 Å². The number of dihydropyridines is 1. The summed E-state index contributed by atoms with van der Waals surface area (Å²) >= 11 is 0.